The van der Waals surface area contributed by atoms with Crippen molar-refractivity contribution in [1.29, 1.82) is 0 Å². The smallest absolute Gasteiger partial charge is 0.314 e. The summed E-state index contributed by atoms with van der Waals surface area (Å²) in [5, 5.41) is 3.35. The van der Waals surface area contributed by atoms with Crippen LogP contribution < -0.4 is 5.32 Å². The second kappa shape index (κ2) is 11.1. The van der Waals surface area contributed by atoms with E-state index in [1.165, 1.54) is 0 Å². The molecule has 2 nitrogen and oxygen atoms in total. The number of benzene rings is 1. The lowest BCUT2D eigenvalue weighted by Crippen LogP contribution is -2.45. The van der Waals surface area contributed by atoms with Gasteiger partial charge < -0.3 is 5.32 Å². The molecule has 0 amide bonds. The first-order valence-electron chi connectivity index (χ1n) is 8.41. The van der Waals surface area contributed by atoms with Crippen LogP contribution in [0.2, 0.25) is 0 Å². The van der Waals surface area contributed by atoms with Gasteiger partial charge in [0.1, 0.15) is 0 Å². The number of rotatable bonds is 8. The van der Waals surface area contributed by atoms with Crippen LogP contribution in [0.15, 0.2) is 41.8 Å². The zero-order valence-electron chi connectivity index (χ0n) is 14.2. The van der Waals surface area contributed by atoms with Crippen LogP contribution in [0, 0.1) is 0 Å². The van der Waals surface area contributed by atoms with Crippen molar-refractivity contribution in [1.82, 2.24) is 10.2 Å². The molecule has 142 valence electrons. The molecule has 1 N–H and O–H groups in total. The van der Waals surface area contributed by atoms with Gasteiger partial charge in [0.2, 0.25) is 0 Å². The molecule has 0 aromatic heterocycles. The summed E-state index contributed by atoms with van der Waals surface area (Å²) in [6, 6.07) is 7.17. The van der Waals surface area contributed by atoms with Gasteiger partial charge in [0.25, 0.3) is 0 Å². The molecule has 0 radical (unpaired) electrons. The Morgan fingerprint density at radius 1 is 1.16 bits per heavy atom. The molecule has 0 aliphatic carbocycles. The molecule has 1 heterocycles. The van der Waals surface area contributed by atoms with E-state index < -0.39 is 5.51 Å². The van der Waals surface area contributed by atoms with Crippen molar-refractivity contribution in [3.05, 3.63) is 42.5 Å². The molecule has 1 aliphatic rings. The SMILES string of the molecule is C=CCCCC[C@H](c1ccc(SC(F)(F)F)cc1)N1CCNCC1.Cl. The van der Waals surface area contributed by atoms with Crippen molar-refractivity contribution in [2.24, 2.45) is 0 Å². The number of thioether (sulfide) groups is 1. The molecule has 1 aromatic rings. The lowest BCUT2D eigenvalue weighted by atomic mass is 9.98. The van der Waals surface area contributed by atoms with Gasteiger partial charge >= 0.3 is 5.51 Å². The summed E-state index contributed by atoms with van der Waals surface area (Å²) >= 11 is -0.0535. The summed E-state index contributed by atoms with van der Waals surface area (Å²) in [7, 11) is 0. The Kier molecular flexibility index (Phi) is 9.94. The van der Waals surface area contributed by atoms with E-state index in [1.807, 2.05) is 18.2 Å². The van der Waals surface area contributed by atoms with E-state index in [0.29, 0.717) is 0 Å². The minimum Gasteiger partial charge on any atom is -0.314 e. The van der Waals surface area contributed by atoms with E-state index in [1.54, 1.807) is 12.1 Å². The highest BCUT2D eigenvalue weighted by Gasteiger charge is 2.29. The van der Waals surface area contributed by atoms with Crippen LogP contribution in [0.4, 0.5) is 13.2 Å². The number of hydrogen-bond donors (Lipinski definition) is 1. The molecule has 0 saturated carbocycles. The Labute approximate surface area is 158 Å². The van der Waals surface area contributed by atoms with Crippen molar-refractivity contribution < 1.29 is 13.2 Å². The van der Waals surface area contributed by atoms with Crippen molar-refractivity contribution in [3.63, 3.8) is 0 Å². The molecule has 1 atom stereocenters. The lowest BCUT2D eigenvalue weighted by molar-refractivity contribution is -0.0328. The number of piperazine rings is 1. The number of nitrogens with one attached hydrogen (secondary N) is 1. The average Bonchev–Trinajstić information content (AvgIpc) is 2.55. The van der Waals surface area contributed by atoms with Crippen LogP contribution >= 0.6 is 24.2 Å². The first-order chi connectivity index (χ1) is 11.5. The highest BCUT2D eigenvalue weighted by Crippen LogP contribution is 2.37. The summed E-state index contributed by atoms with van der Waals surface area (Å²) in [6.45, 7) is 7.63. The molecule has 1 aromatic carbocycles. The number of alkyl halides is 3. The van der Waals surface area contributed by atoms with Crippen molar-refractivity contribution in [2.75, 3.05) is 26.2 Å². The molecule has 1 aliphatic heterocycles. The Morgan fingerprint density at radius 2 is 1.80 bits per heavy atom. The monoisotopic (exact) mass is 394 g/mol. The predicted octanol–water partition coefficient (Wildman–Crippen LogP) is 5.41. The zero-order valence-corrected chi connectivity index (χ0v) is 15.9. The van der Waals surface area contributed by atoms with Gasteiger partial charge in [-0.25, -0.2) is 0 Å². The van der Waals surface area contributed by atoms with Crippen LogP contribution in [0.1, 0.15) is 37.3 Å². The van der Waals surface area contributed by atoms with Crippen molar-refractivity contribution in [3.8, 4) is 0 Å². The van der Waals surface area contributed by atoms with Gasteiger partial charge in [-0.05, 0) is 48.7 Å². The third-order valence-corrected chi connectivity index (χ3v) is 4.97. The third-order valence-electron chi connectivity index (χ3n) is 4.23. The minimum absolute atomic E-state index is 0. The molecule has 0 bridgehead atoms. The molecular formula is C18H26ClF3N2S. The Balaban J connectivity index is 0.00000312. The van der Waals surface area contributed by atoms with E-state index in [0.717, 1.165) is 57.4 Å². The molecule has 25 heavy (non-hydrogen) atoms. The van der Waals surface area contributed by atoms with Crippen molar-refractivity contribution >= 4 is 24.2 Å². The zero-order chi connectivity index (χ0) is 17.4. The molecule has 7 heteroatoms. The second-order valence-corrected chi connectivity index (χ2v) is 7.13. The normalized spacial score (nSPS) is 16.9. The summed E-state index contributed by atoms with van der Waals surface area (Å²) < 4.78 is 37.4. The highest BCUT2D eigenvalue weighted by molar-refractivity contribution is 8.00. The predicted molar refractivity (Wildman–Crippen MR) is 101 cm³/mol. The summed E-state index contributed by atoms with van der Waals surface area (Å²) in [5.74, 6) is 0. The summed E-state index contributed by atoms with van der Waals surface area (Å²) in [6.07, 6.45) is 6.17. The average molecular weight is 395 g/mol. The van der Waals surface area contributed by atoms with E-state index in [4.69, 9.17) is 0 Å². The van der Waals surface area contributed by atoms with Crippen LogP contribution in [0.3, 0.4) is 0 Å². The molecule has 0 unspecified atom stereocenters. The molecule has 1 fully saturated rings. The van der Waals surface area contributed by atoms with Gasteiger partial charge in [-0.2, -0.15) is 13.2 Å². The molecule has 2 rings (SSSR count). The van der Waals surface area contributed by atoms with Gasteiger partial charge in [0.15, 0.2) is 0 Å². The quantitative estimate of drug-likeness (QED) is 0.360. The van der Waals surface area contributed by atoms with Gasteiger partial charge in [-0.3, -0.25) is 4.90 Å². The number of unbranched alkanes of at least 4 members (excludes halogenated alkanes) is 2. The highest BCUT2D eigenvalue weighted by atomic mass is 35.5. The topological polar surface area (TPSA) is 15.3 Å². The van der Waals surface area contributed by atoms with Gasteiger partial charge in [-0.15, -0.1) is 19.0 Å². The number of halogens is 4. The fourth-order valence-electron chi connectivity index (χ4n) is 3.07. The number of hydrogen-bond acceptors (Lipinski definition) is 3. The van der Waals surface area contributed by atoms with E-state index in [-0.39, 0.29) is 35.1 Å². The maximum atomic E-state index is 12.5. The largest absolute Gasteiger partial charge is 0.446 e. The van der Waals surface area contributed by atoms with E-state index in [2.05, 4.69) is 16.8 Å². The molecular weight excluding hydrogens is 369 g/mol. The minimum atomic E-state index is -4.23. The maximum Gasteiger partial charge on any atom is 0.446 e. The summed E-state index contributed by atoms with van der Waals surface area (Å²) in [4.78, 5) is 2.69. The number of nitrogens with zero attached hydrogens (tertiary/aromatic N) is 1. The fourth-order valence-corrected chi connectivity index (χ4v) is 3.61. The Morgan fingerprint density at radius 3 is 2.36 bits per heavy atom. The van der Waals surface area contributed by atoms with Gasteiger partial charge in [0.05, 0.1) is 0 Å². The Hall–Kier alpha value is -0.690. The Bertz CT molecular complexity index is 502. The van der Waals surface area contributed by atoms with Crippen LogP contribution in [-0.2, 0) is 0 Å². The molecule has 1 saturated heterocycles. The first-order valence-corrected chi connectivity index (χ1v) is 9.22. The second-order valence-electron chi connectivity index (χ2n) is 5.99. The standard InChI is InChI=1S/C18H25F3N2S.ClH/c1-2-3-4-5-6-17(23-13-11-22-12-14-23)15-7-9-16(10-8-15)24-18(19,20)21;/h2,7-10,17,22H,1,3-6,11-14H2;1H/t17-;/m1./s1. The van der Waals surface area contributed by atoms with E-state index >= 15 is 0 Å². The van der Waals surface area contributed by atoms with E-state index in [9.17, 15) is 13.2 Å². The third kappa shape index (κ3) is 8.03. The van der Waals surface area contributed by atoms with Crippen LogP contribution in [-0.4, -0.2) is 36.6 Å². The van der Waals surface area contributed by atoms with Crippen molar-refractivity contribution in [2.45, 2.75) is 42.1 Å². The molecule has 0 spiro atoms. The van der Waals surface area contributed by atoms with Gasteiger partial charge in [-0.1, -0.05) is 24.6 Å². The van der Waals surface area contributed by atoms with Crippen LogP contribution in [0.25, 0.3) is 0 Å². The fraction of sp³-hybridized carbons (Fsp3) is 0.556. The maximum absolute atomic E-state index is 12.5. The summed E-state index contributed by atoms with van der Waals surface area (Å²) in [5.41, 5.74) is -3.12. The van der Waals surface area contributed by atoms with Gasteiger partial charge in [0, 0.05) is 37.1 Å². The lowest BCUT2D eigenvalue weighted by Gasteiger charge is -2.35. The van der Waals surface area contributed by atoms with Crippen LogP contribution in [0.5, 0.6) is 0 Å². The first kappa shape index (κ1) is 22.4. The number of allylic oxidation sites excluding steroid dienone is 1.